The van der Waals surface area contributed by atoms with Gasteiger partial charge in [0.15, 0.2) is 0 Å². The Morgan fingerprint density at radius 2 is 1.78 bits per heavy atom. The number of nitrogens with zero attached hydrogens (tertiary/aromatic N) is 1. The van der Waals surface area contributed by atoms with Gasteiger partial charge in [0.25, 0.3) is 0 Å². The molecule has 0 saturated heterocycles. The molecule has 7 nitrogen and oxygen atoms in total. The molecule has 2 aromatic carbocycles. The number of thiol groups is 1. The van der Waals surface area contributed by atoms with Crippen LogP contribution >= 0.6 is 24.4 Å². The van der Waals surface area contributed by atoms with E-state index in [1.54, 1.807) is 42.5 Å². The summed E-state index contributed by atoms with van der Waals surface area (Å²) in [5.41, 5.74) is 1.69. The van der Waals surface area contributed by atoms with Crippen LogP contribution in [0.3, 0.4) is 0 Å². The zero-order valence-corrected chi connectivity index (χ0v) is 16.6. The molecule has 3 amide bonds. The van der Waals surface area contributed by atoms with Gasteiger partial charge in [-0.05, 0) is 49.5 Å². The average Bonchev–Trinajstić information content (AvgIpc) is 2.63. The van der Waals surface area contributed by atoms with E-state index >= 15 is 0 Å². The number of hydrogen-bond acceptors (Lipinski definition) is 5. The van der Waals surface area contributed by atoms with E-state index in [4.69, 9.17) is 16.3 Å². The van der Waals surface area contributed by atoms with Gasteiger partial charge in [0.2, 0.25) is 5.91 Å². The number of carbonyl (C=O) groups excluding carboxylic acids is 2. The first kappa shape index (κ1) is 20.9. The summed E-state index contributed by atoms with van der Waals surface area (Å²) in [6, 6.07) is 11.2. The molecule has 2 aromatic rings. The van der Waals surface area contributed by atoms with Gasteiger partial charge in [-0.1, -0.05) is 24.4 Å². The molecule has 0 aliphatic carbocycles. The first-order valence-corrected chi connectivity index (χ1v) is 8.93. The average molecular weight is 409 g/mol. The van der Waals surface area contributed by atoms with Gasteiger partial charge in [-0.3, -0.25) is 4.79 Å². The second-order valence-corrected chi connectivity index (χ2v) is 6.37. The van der Waals surface area contributed by atoms with Gasteiger partial charge in [-0.25, -0.2) is 9.10 Å². The Kier molecular flexibility index (Phi) is 7.78. The van der Waals surface area contributed by atoms with Crippen molar-refractivity contribution in [3.63, 3.8) is 0 Å². The SMILES string of the molecule is CNCCOc1ccc(NC(=O)N(S)c2ccc(NC(C)=O)cc2)cc1Cl. The van der Waals surface area contributed by atoms with Crippen molar-refractivity contribution in [1.29, 1.82) is 0 Å². The minimum Gasteiger partial charge on any atom is -0.491 e. The highest BCUT2D eigenvalue weighted by Gasteiger charge is 2.13. The van der Waals surface area contributed by atoms with Crippen molar-refractivity contribution in [1.82, 2.24) is 5.32 Å². The van der Waals surface area contributed by atoms with Crippen LogP contribution in [0.15, 0.2) is 42.5 Å². The van der Waals surface area contributed by atoms with Crippen molar-refractivity contribution in [2.24, 2.45) is 0 Å². The third-order valence-corrected chi connectivity index (χ3v) is 4.13. The van der Waals surface area contributed by atoms with Crippen LogP contribution in [-0.2, 0) is 4.79 Å². The van der Waals surface area contributed by atoms with Crippen LogP contribution in [0.4, 0.5) is 21.9 Å². The summed E-state index contributed by atoms with van der Waals surface area (Å²) in [4.78, 5) is 23.4. The van der Waals surface area contributed by atoms with Gasteiger partial charge < -0.3 is 20.7 Å². The summed E-state index contributed by atoms with van der Waals surface area (Å²) < 4.78 is 6.69. The molecule has 9 heteroatoms. The van der Waals surface area contributed by atoms with Gasteiger partial charge in [-0.15, -0.1) is 0 Å². The van der Waals surface area contributed by atoms with Crippen LogP contribution in [0.2, 0.25) is 5.02 Å². The van der Waals surface area contributed by atoms with Gasteiger partial charge in [0.05, 0.1) is 10.7 Å². The number of likely N-dealkylation sites (N-methyl/N-ethyl adjacent to an activating group) is 1. The Balaban J connectivity index is 1.99. The fourth-order valence-electron chi connectivity index (χ4n) is 2.14. The van der Waals surface area contributed by atoms with E-state index in [2.05, 4.69) is 28.8 Å². The predicted molar refractivity (Wildman–Crippen MR) is 112 cm³/mol. The third-order valence-electron chi connectivity index (χ3n) is 3.42. The lowest BCUT2D eigenvalue weighted by atomic mass is 10.2. The molecule has 27 heavy (non-hydrogen) atoms. The Labute approximate surface area is 168 Å². The Morgan fingerprint density at radius 1 is 1.11 bits per heavy atom. The quantitative estimate of drug-likeness (QED) is 0.415. The molecule has 0 unspecified atom stereocenters. The topological polar surface area (TPSA) is 82.7 Å². The Morgan fingerprint density at radius 3 is 2.37 bits per heavy atom. The number of carbonyl (C=O) groups is 2. The molecular formula is C18H21ClN4O3S. The van der Waals surface area contributed by atoms with Crippen molar-refractivity contribution in [2.75, 3.05) is 35.1 Å². The number of ether oxygens (including phenoxy) is 1. The van der Waals surface area contributed by atoms with E-state index in [0.717, 1.165) is 4.31 Å². The third kappa shape index (κ3) is 6.35. The maximum absolute atomic E-state index is 12.4. The van der Waals surface area contributed by atoms with Crippen molar-refractivity contribution in [2.45, 2.75) is 6.92 Å². The predicted octanol–water partition coefficient (Wildman–Crippen LogP) is 3.78. The first-order valence-electron chi connectivity index (χ1n) is 8.15. The van der Waals surface area contributed by atoms with E-state index in [1.165, 1.54) is 6.92 Å². The molecule has 0 heterocycles. The largest absolute Gasteiger partial charge is 0.491 e. The van der Waals surface area contributed by atoms with Crippen molar-refractivity contribution < 1.29 is 14.3 Å². The highest BCUT2D eigenvalue weighted by Crippen LogP contribution is 2.28. The van der Waals surface area contributed by atoms with Crippen molar-refractivity contribution in [3.8, 4) is 5.75 Å². The molecule has 0 atom stereocenters. The molecule has 0 aromatic heterocycles. The lowest BCUT2D eigenvalue weighted by Crippen LogP contribution is -2.26. The van der Waals surface area contributed by atoms with E-state index in [1.807, 2.05) is 7.05 Å². The monoisotopic (exact) mass is 408 g/mol. The number of halogens is 1. The highest BCUT2D eigenvalue weighted by atomic mass is 35.5. The number of benzene rings is 2. The lowest BCUT2D eigenvalue weighted by Gasteiger charge is -2.17. The molecule has 0 bridgehead atoms. The van der Waals surface area contributed by atoms with Crippen LogP contribution in [0, 0.1) is 0 Å². The number of nitrogens with one attached hydrogen (secondary N) is 3. The van der Waals surface area contributed by atoms with Crippen LogP contribution in [0.25, 0.3) is 0 Å². The lowest BCUT2D eigenvalue weighted by molar-refractivity contribution is -0.114. The maximum Gasteiger partial charge on any atom is 0.336 e. The second-order valence-electron chi connectivity index (χ2n) is 5.57. The Hall–Kier alpha value is -2.42. The molecule has 0 saturated carbocycles. The minimum atomic E-state index is -0.453. The van der Waals surface area contributed by atoms with Crippen molar-refractivity contribution in [3.05, 3.63) is 47.5 Å². The van der Waals surface area contributed by atoms with Crippen molar-refractivity contribution >= 4 is 53.4 Å². The van der Waals surface area contributed by atoms with Gasteiger partial charge in [0, 0.05) is 24.8 Å². The number of rotatable bonds is 7. The Bertz CT molecular complexity index is 802. The summed E-state index contributed by atoms with van der Waals surface area (Å²) in [6.45, 7) is 2.61. The molecule has 3 N–H and O–H groups in total. The number of amides is 3. The number of hydrogen-bond donors (Lipinski definition) is 4. The molecule has 0 radical (unpaired) electrons. The van der Waals surface area contributed by atoms with E-state index in [0.29, 0.717) is 41.0 Å². The van der Waals surface area contributed by atoms with Gasteiger partial charge in [0.1, 0.15) is 12.4 Å². The fraction of sp³-hybridized carbons (Fsp3) is 0.222. The van der Waals surface area contributed by atoms with E-state index < -0.39 is 6.03 Å². The normalized spacial score (nSPS) is 10.2. The molecule has 2 rings (SSSR count). The second kappa shape index (κ2) is 10.1. The first-order chi connectivity index (χ1) is 12.9. The summed E-state index contributed by atoms with van der Waals surface area (Å²) in [7, 11) is 1.83. The van der Waals surface area contributed by atoms with Gasteiger partial charge >= 0.3 is 6.03 Å². The summed E-state index contributed by atoms with van der Waals surface area (Å²) in [6.07, 6.45) is 0. The zero-order chi connectivity index (χ0) is 19.8. The molecular weight excluding hydrogens is 388 g/mol. The fourth-order valence-corrected chi connectivity index (χ4v) is 2.56. The molecule has 0 aliphatic rings. The van der Waals surface area contributed by atoms with Crippen LogP contribution < -0.4 is 25.0 Å². The maximum atomic E-state index is 12.4. The van der Waals surface area contributed by atoms with Gasteiger partial charge in [-0.2, -0.15) is 0 Å². The summed E-state index contributed by atoms with van der Waals surface area (Å²) in [5, 5.41) is 8.74. The number of urea groups is 1. The molecule has 0 aliphatic heterocycles. The van der Waals surface area contributed by atoms with E-state index in [-0.39, 0.29) is 5.91 Å². The minimum absolute atomic E-state index is 0.168. The standard InChI is InChI=1S/C18H21ClN4O3S/c1-12(24)21-13-3-6-15(7-4-13)23(27)18(25)22-14-5-8-17(16(19)11-14)26-10-9-20-2/h3-8,11,20,27H,9-10H2,1-2H3,(H,21,24)(H,22,25). The summed E-state index contributed by atoms with van der Waals surface area (Å²) in [5.74, 6) is 0.375. The van der Waals surface area contributed by atoms with E-state index in [9.17, 15) is 9.59 Å². The smallest absolute Gasteiger partial charge is 0.336 e. The molecule has 0 spiro atoms. The zero-order valence-electron chi connectivity index (χ0n) is 15.0. The van der Waals surface area contributed by atoms with Crippen LogP contribution in [-0.4, -0.2) is 32.1 Å². The number of anilines is 3. The summed E-state index contributed by atoms with van der Waals surface area (Å²) >= 11 is 10.4. The highest BCUT2D eigenvalue weighted by molar-refractivity contribution is 7.82. The molecule has 0 fully saturated rings. The van der Waals surface area contributed by atoms with Crippen LogP contribution in [0.1, 0.15) is 6.92 Å². The molecule has 144 valence electrons. The van der Waals surface area contributed by atoms with Crippen LogP contribution in [0.5, 0.6) is 5.75 Å².